The summed E-state index contributed by atoms with van der Waals surface area (Å²) in [6, 6.07) is 4.15. The predicted molar refractivity (Wildman–Crippen MR) is 86.1 cm³/mol. The lowest BCUT2D eigenvalue weighted by Gasteiger charge is -2.28. The molecule has 2 heterocycles. The average molecular weight is 300 g/mol. The molecule has 1 aromatic heterocycles. The Balaban J connectivity index is 2.23. The SMILES string of the molecule is C=[O+]C(=O)c1cc2nc3n(c2cc1CC)CCN[C@@H]3C(C)C. The maximum Gasteiger partial charge on any atom is 0.612 e. The number of carbonyl (C=O) groups excluding carboxylic acids is 2. The lowest BCUT2D eigenvalue weighted by Crippen LogP contribution is -2.36. The van der Waals surface area contributed by atoms with Gasteiger partial charge in [-0.15, -0.1) is 0 Å². The first-order valence-electron chi connectivity index (χ1n) is 7.79. The van der Waals surface area contributed by atoms with Crippen LogP contribution in [-0.2, 0) is 17.4 Å². The third kappa shape index (κ3) is 2.25. The summed E-state index contributed by atoms with van der Waals surface area (Å²) in [6.07, 6.45) is 0.771. The third-order valence-electron chi connectivity index (χ3n) is 4.38. The van der Waals surface area contributed by atoms with Gasteiger partial charge in [-0.2, -0.15) is 0 Å². The van der Waals surface area contributed by atoms with Gasteiger partial charge in [0.25, 0.3) is 0 Å². The van der Waals surface area contributed by atoms with Crippen molar-refractivity contribution in [3.63, 3.8) is 0 Å². The van der Waals surface area contributed by atoms with Crippen LogP contribution in [0.5, 0.6) is 0 Å². The number of hydrogen-bond donors (Lipinski definition) is 1. The van der Waals surface area contributed by atoms with Crippen molar-refractivity contribution in [1.29, 1.82) is 0 Å². The normalized spacial score (nSPS) is 17.7. The topological polar surface area (TPSA) is 58.2 Å². The van der Waals surface area contributed by atoms with Crippen LogP contribution in [0.25, 0.3) is 11.0 Å². The maximum absolute atomic E-state index is 11.9. The second-order valence-corrected chi connectivity index (χ2v) is 6.08. The van der Waals surface area contributed by atoms with E-state index in [-0.39, 0.29) is 6.04 Å². The Kier molecular flexibility index (Phi) is 3.83. The molecule has 0 unspecified atom stereocenters. The van der Waals surface area contributed by atoms with E-state index in [2.05, 4.69) is 41.0 Å². The molecule has 5 nitrogen and oxygen atoms in total. The minimum absolute atomic E-state index is 0.245. The summed E-state index contributed by atoms with van der Waals surface area (Å²) >= 11 is 0. The minimum Gasteiger partial charge on any atom is -0.325 e. The highest BCUT2D eigenvalue weighted by atomic mass is 16.4. The smallest absolute Gasteiger partial charge is 0.325 e. The van der Waals surface area contributed by atoms with Crippen LogP contribution in [-0.4, -0.2) is 28.9 Å². The summed E-state index contributed by atoms with van der Waals surface area (Å²) < 4.78 is 6.93. The number of aryl methyl sites for hydroxylation is 1. The molecule has 1 atom stereocenters. The fraction of sp³-hybridized carbons (Fsp3) is 0.471. The van der Waals surface area contributed by atoms with Gasteiger partial charge in [-0.05, 0) is 30.0 Å². The van der Waals surface area contributed by atoms with Gasteiger partial charge < -0.3 is 9.88 Å². The number of nitrogens with zero attached hydrogens (tertiary/aromatic N) is 2. The molecule has 0 spiro atoms. The van der Waals surface area contributed by atoms with Crippen LogP contribution in [0.15, 0.2) is 12.1 Å². The number of rotatable bonds is 3. The summed E-state index contributed by atoms with van der Waals surface area (Å²) in [5, 5.41) is 3.53. The molecule has 1 aliphatic heterocycles. The Labute approximate surface area is 130 Å². The molecule has 1 aromatic carbocycles. The van der Waals surface area contributed by atoms with E-state index in [0.29, 0.717) is 11.5 Å². The van der Waals surface area contributed by atoms with E-state index < -0.39 is 5.97 Å². The van der Waals surface area contributed by atoms with Crippen molar-refractivity contribution in [2.45, 2.75) is 39.8 Å². The maximum atomic E-state index is 11.9. The van der Waals surface area contributed by atoms with E-state index in [0.717, 1.165) is 41.9 Å². The summed E-state index contributed by atoms with van der Waals surface area (Å²) in [4.78, 5) is 16.7. The number of benzene rings is 1. The van der Waals surface area contributed by atoms with Crippen molar-refractivity contribution < 1.29 is 9.22 Å². The second-order valence-electron chi connectivity index (χ2n) is 6.08. The number of nitrogens with one attached hydrogen (secondary N) is 1. The largest absolute Gasteiger partial charge is 0.612 e. The lowest BCUT2D eigenvalue weighted by molar-refractivity contribution is -0.334. The third-order valence-corrected chi connectivity index (χ3v) is 4.38. The Morgan fingerprint density at radius 2 is 2.32 bits per heavy atom. The number of carbonyl (C=O) groups is 1. The van der Waals surface area contributed by atoms with Crippen LogP contribution in [0.3, 0.4) is 0 Å². The van der Waals surface area contributed by atoms with E-state index >= 15 is 0 Å². The van der Waals surface area contributed by atoms with E-state index in [1.807, 2.05) is 13.0 Å². The van der Waals surface area contributed by atoms with Crippen molar-refractivity contribution in [2.24, 2.45) is 5.92 Å². The highest BCUT2D eigenvalue weighted by Gasteiger charge is 2.28. The highest BCUT2D eigenvalue weighted by Crippen LogP contribution is 2.30. The molecule has 0 saturated carbocycles. The van der Waals surface area contributed by atoms with Gasteiger partial charge >= 0.3 is 5.97 Å². The van der Waals surface area contributed by atoms with E-state index in [1.54, 1.807) is 0 Å². The van der Waals surface area contributed by atoms with Crippen LogP contribution in [0.4, 0.5) is 0 Å². The average Bonchev–Trinajstić information content (AvgIpc) is 2.89. The summed E-state index contributed by atoms with van der Waals surface area (Å²) in [5.41, 5.74) is 3.49. The second kappa shape index (κ2) is 5.65. The first kappa shape index (κ1) is 14.9. The zero-order chi connectivity index (χ0) is 15.9. The van der Waals surface area contributed by atoms with Crippen molar-refractivity contribution >= 4 is 23.8 Å². The van der Waals surface area contributed by atoms with Crippen molar-refractivity contribution in [1.82, 2.24) is 14.9 Å². The molecule has 116 valence electrons. The van der Waals surface area contributed by atoms with Gasteiger partial charge in [-0.1, -0.05) is 20.8 Å². The predicted octanol–water partition coefficient (Wildman–Crippen LogP) is 2.40. The van der Waals surface area contributed by atoms with Gasteiger partial charge in [0.05, 0.1) is 21.9 Å². The van der Waals surface area contributed by atoms with Crippen LogP contribution in [0, 0.1) is 5.92 Å². The van der Waals surface area contributed by atoms with Gasteiger partial charge in [-0.3, -0.25) is 4.42 Å². The molecule has 5 heteroatoms. The molecule has 0 radical (unpaired) electrons. The first-order valence-corrected chi connectivity index (χ1v) is 7.79. The number of imidazole rings is 1. The van der Waals surface area contributed by atoms with Crippen molar-refractivity contribution in [3.8, 4) is 0 Å². The van der Waals surface area contributed by atoms with Crippen LogP contribution in [0.1, 0.15) is 48.6 Å². The molecule has 22 heavy (non-hydrogen) atoms. The molecule has 0 amide bonds. The fourth-order valence-corrected chi connectivity index (χ4v) is 3.22. The first-order chi connectivity index (χ1) is 10.6. The van der Waals surface area contributed by atoms with Crippen LogP contribution < -0.4 is 5.32 Å². The molecule has 1 aliphatic rings. The molecule has 0 saturated heterocycles. The van der Waals surface area contributed by atoms with Gasteiger partial charge in [-0.25, -0.2) is 4.98 Å². The number of fused-ring (bicyclic) bond motifs is 3. The molecule has 0 fully saturated rings. The molecular weight excluding hydrogens is 278 g/mol. The summed E-state index contributed by atoms with van der Waals surface area (Å²) in [6.45, 7) is 11.5. The Morgan fingerprint density at radius 1 is 1.55 bits per heavy atom. The molecule has 1 N–H and O–H groups in total. The standard InChI is InChI=1S/C17H22N3O2/c1-5-11-8-14-13(9-12(11)17(21)22-4)19-16-15(10(2)3)18-6-7-20(14)16/h8-10,15,18H,4-7H2,1-3H3/q+1/t15-/m1/s1. The van der Waals surface area contributed by atoms with Crippen molar-refractivity contribution in [2.75, 3.05) is 6.54 Å². The Morgan fingerprint density at radius 3 is 2.95 bits per heavy atom. The Bertz CT molecular complexity index is 746. The van der Waals surface area contributed by atoms with Gasteiger partial charge in [0.2, 0.25) is 0 Å². The highest BCUT2D eigenvalue weighted by molar-refractivity contribution is 5.94. The summed E-state index contributed by atoms with van der Waals surface area (Å²) in [5.74, 6) is 1.12. The minimum atomic E-state index is -0.400. The lowest BCUT2D eigenvalue weighted by atomic mass is 10.0. The molecule has 3 rings (SSSR count). The summed E-state index contributed by atoms with van der Waals surface area (Å²) in [7, 11) is 0. The van der Waals surface area contributed by atoms with Crippen molar-refractivity contribution in [3.05, 3.63) is 29.1 Å². The van der Waals surface area contributed by atoms with E-state index in [4.69, 9.17) is 4.98 Å². The van der Waals surface area contributed by atoms with E-state index in [1.165, 1.54) is 0 Å². The zero-order valence-electron chi connectivity index (χ0n) is 13.3. The quantitative estimate of drug-likeness (QED) is 0.886. The van der Waals surface area contributed by atoms with Gasteiger partial charge in [0.15, 0.2) is 6.79 Å². The zero-order valence-corrected chi connectivity index (χ0v) is 13.3. The van der Waals surface area contributed by atoms with Gasteiger partial charge in [0, 0.05) is 13.1 Å². The molecular formula is C17H22N3O2+. The Hall–Kier alpha value is -2.01. The molecule has 0 aliphatic carbocycles. The van der Waals surface area contributed by atoms with E-state index in [9.17, 15) is 4.79 Å². The van der Waals surface area contributed by atoms with Crippen LogP contribution in [0.2, 0.25) is 0 Å². The molecule has 0 bridgehead atoms. The number of hydrogen-bond acceptors (Lipinski definition) is 3. The molecule has 2 aromatic rings. The number of aromatic nitrogens is 2. The monoisotopic (exact) mass is 300 g/mol. The fourth-order valence-electron chi connectivity index (χ4n) is 3.22. The van der Waals surface area contributed by atoms with Gasteiger partial charge in [0.1, 0.15) is 11.4 Å². The van der Waals surface area contributed by atoms with Crippen LogP contribution >= 0.6 is 0 Å².